The van der Waals surface area contributed by atoms with Crippen LogP contribution in [0.4, 0.5) is 15.3 Å². The van der Waals surface area contributed by atoms with Gasteiger partial charge in [0.1, 0.15) is 13.6 Å². The molecule has 14 heteroatoms. The summed E-state index contributed by atoms with van der Waals surface area (Å²) in [7, 11) is -1.38. The molecule has 2 N–H and O–H groups in total. The largest absolute Gasteiger partial charge is 0.509 e. The number of fused-ring (bicyclic) bond motifs is 1. The molecule has 6 rings (SSSR count). The number of para-hydroxylation sites is 1. The minimum absolute atomic E-state index is 0.00401. The van der Waals surface area contributed by atoms with Crippen LogP contribution in [0.1, 0.15) is 49.7 Å². The van der Waals surface area contributed by atoms with Crippen molar-refractivity contribution >= 4 is 47.1 Å². The summed E-state index contributed by atoms with van der Waals surface area (Å²) in [5.41, 5.74) is 3.43. The Kier molecular flexibility index (Phi) is 10.7. The highest BCUT2D eigenvalue weighted by Crippen LogP contribution is 2.33. The number of likely N-dealkylation sites (tertiary alicyclic amines) is 2. The number of nitrogens with one attached hydrogen (secondary N) is 1. The van der Waals surface area contributed by atoms with Gasteiger partial charge in [0.2, 0.25) is 10.0 Å². The number of nitrogens with zero attached hydrogens (tertiary/aromatic N) is 4. The van der Waals surface area contributed by atoms with E-state index >= 15 is 0 Å². The van der Waals surface area contributed by atoms with Gasteiger partial charge in [-0.1, -0.05) is 30.3 Å². The van der Waals surface area contributed by atoms with E-state index in [0.717, 1.165) is 48.9 Å². The zero-order chi connectivity index (χ0) is 34.7. The molecule has 3 saturated heterocycles. The van der Waals surface area contributed by atoms with Gasteiger partial charge in [0, 0.05) is 64.0 Å². The molecule has 264 valence electrons. The van der Waals surface area contributed by atoms with Gasteiger partial charge < -0.3 is 29.9 Å². The molecule has 0 radical (unpaired) electrons. The quantitative estimate of drug-likeness (QED) is 0.424. The molecule has 12 nitrogen and oxygen atoms in total. The van der Waals surface area contributed by atoms with Crippen molar-refractivity contribution in [1.29, 1.82) is 0 Å². The molecule has 2 aromatic carbocycles. The lowest BCUT2D eigenvalue weighted by molar-refractivity contribution is -0.142. The fourth-order valence-corrected chi connectivity index (χ4v) is 8.88. The highest BCUT2D eigenvalue weighted by molar-refractivity contribution is 7.88. The van der Waals surface area contributed by atoms with E-state index in [-0.39, 0.29) is 30.2 Å². The molecule has 0 saturated carbocycles. The summed E-state index contributed by atoms with van der Waals surface area (Å²) in [6.07, 6.45) is 5.23. The highest BCUT2D eigenvalue weighted by atomic mass is 32.2. The predicted octanol–water partition coefficient (Wildman–Crippen LogP) is 2.16. The van der Waals surface area contributed by atoms with Gasteiger partial charge in [0.25, 0.3) is 5.91 Å². The SMILES string of the molecule is Bc1cc(C[C@@H](OC(=O)N2CCC(N3CCc4ccccc4NC3=O)CC2)C(=O)N2CCC(C3CCN(S(C)(=O)=O)CC3)CC2)ccc1O. The van der Waals surface area contributed by atoms with Crippen LogP contribution in [0.5, 0.6) is 5.75 Å². The van der Waals surface area contributed by atoms with Crippen LogP contribution in [0.3, 0.4) is 0 Å². The van der Waals surface area contributed by atoms with Crippen LogP contribution in [0.15, 0.2) is 42.5 Å². The van der Waals surface area contributed by atoms with Crippen molar-refractivity contribution < 1.29 is 32.6 Å². The first-order valence-electron chi connectivity index (χ1n) is 17.6. The number of carbonyl (C=O) groups excluding carboxylic acids is 3. The monoisotopic (exact) mass is 693 g/mol. The van der Waals surface area contributed by atoms with Gasteiger partial charge in [0.15, 0.2) is 6.10 Å². The first-order valence-corrected chi connectivity index (χ1v) is 19.4. The molecule has 0 spiro atoms. The lowest BCUT2D eigenvalue weighted by Gasteiger charge is -2.40. The molecule has 3 fully saturated rings. The number of anilines is 1. The average molecular weight is 694 g/mol. The first kappa shape index (κ1) is 35.1. The van der Waals surface area contributed by atoms with Crippen molar-refractivity contribution in [3.63, 3.8) is 0 Å². The number of ether oxygens (including phenoxy) is 1. The number of rotatable bonds is 7. The highest BCUT2D eigenvalue weighted by Gasteiger charge is 2.37. The number of benzene rings is 2. The second-order valence-corrected chi connectivity index (χ2v) is 16.1. The van der Waals surface area contributed by atoms with Crippen LogP contribution in [0, 0.1) is 11.8 Å². The van der Waals surface area contributed by atoms with E-state index in [9.17, 15) is 27.9 Å². The fourth-order valence-electron chi connectivity index (χ4n) is 8.01. The molecule has 0 bridgehead atoms. The molecule has 2 aromatic rings. The van der Waals surface area contributed by atoms with Crippen molar-refractivity contribution in [2.24, 2.45) is 11.8 Å². The Labute approximate surface area is 290 Å². The fraction of sp³-hybridized carbons (Fsp3) is 0.571. The number of phenols is 1. The van der Waals surface area contributed by atoms with Crippen molar-refractivity contribution in [2.75, 3.05) is 57.4 Å². The Morgan fingerprint density at radius 1 is 0.918 bits per heavy atom. The van der Waals surface area contributed by atoms with Crippen LogP contribution in [0.2, 0.25) is 0 Å². The summed E-state index contributed by atoms with van der Waals surface area (Å²) < 4.78 is 31.5. The Hall–Kier alpha value is -3.78. The normalized spacial score (nSPS) is 21.1. The number of aromatic hydroxyl groups is 1. The smallest absolute Gasteiger partial charge is 0.410 e. The van der Waals surface area contributed by atoms with Crippen molar-refractivity contribution in [2.45, 2.75) is 63.5 Å². The molecular formula is C35H48BN5O7S. The van der Waals surface area contributed by atoms with Gasteiger partial charge >= 0.3 is 12.1 Å². The number of hydrogen-bond acceptors (Lipinski definition) is 7. The molecule has 4 aliphatic heterocycles. The van der Waals surface area contributed by atoms with Crippen molar-refractivity contribution in [1.82, 2.24) is 19.0 Å². The van der Waals surface area contributed by atoms with E-state index < -0.39 is 22.2 Å². The number of carbonyl (C=O) groups is 3. The van der Waals surface area contributed by atoms with Gasteiger partial charge in [0.05, 0.1) is 6.26 Å². The molecule has 4 heterocycles. The molecule has 0 aliphatic carbocycles. The van der Waals surface area contributed by atoms with Gasteiger partial charge in [-0.25, -0.2) is 22.3 Å². The maximum atomic E-state index is 14.0. The number of amides is 4. The second kappa shape index (κ2) is 15.0. The first-order chi connectivity index (χ1) is 23.5. The van der Waals surface area contributed by atoms with Gasteiger partial charge in [-0.2, -0.15) is 0 Å². The maximum absolute atomic E-state index is 14.0. The lowest BCUT2D eigenvalue weighted by atomic mass is 9.79. The Morgan fingerprint density at radius 3 is 2.20 bits per heavy atom. The zero-order valence-corrected chi connectivity index (χ0v) is 29.4. The van der Waals surface area contributed by atoms with Gasteiger partial charge in [-0.15, -0.1) is 0 Å². The van der Waals surface area contributed by atoms with Crippen molar-refractivity contribution in [3.8, 4) is 5.75 Å². The predicted molar refractivity (Wildman–Crippen MR) is 189 cm³/mol. The third-order valence-electron chi connectivity index (χ3n) is 11.0. The van der Waals surface area contributed by atoms with E-state index in [4.69, 9.17) is 4.74 Å². The number of urea groups is 1. The van der Waals surface area contributed by atoms with E-state index in [2.05, 4.69) is 5.32 Å². The van der Waals surface area contributed by atoms with Gasteiger partial charge in [-0.05, 0) is 85.5 Å². The van der Waals surface area contributed by atoms with Crippen LogP contribution in [-0.4, -0.2) is 123 Å². The maximum Gasteiger partial charge on any atom is 0.410 e. The van der Waals surface area contributed by atoms with E-state index in [1.807, 2.05) is 35.2 Å². The minimum atomic E-state index is -3.18. The molecule has 0 aromatic heterocycles. The summed E-state index contributed by atoms with van der Waals surface area (Å²) in [5, 5.41) is 13.1. The van der Waals surface area contributed by atoms with E-state index in [1.54, 1.807) is 34.1 Å². The standard InChI is InChI=1S/C35H48BN5O7S/c1-49(46,47)40-19-10-26(11-20-40)25-8-15-38(16-9-25)33(43)32(23-24-6-7-31(42)29(36)22-24)48-35(45)39-17-13-28(14-18-39)41-21-12-27-4-2-3-5-30(27)37-34(41)44/h2-7,22,25-26,28,32,42H,8-21,23,36H2,1H3,(H,37,44)/t32-/m1/s1. The summed E-state index contributed by atoms with van der Waals surface area (Å²) in [5.74, 6) is 0.800. The number of piperidine rings is 3. The lowest BCUT2D eigenvalue weighted by Crippen LogP contribution is -2.52. The van der Waals surface area contributed by atoms with E-state index in [0.29, 0.717) is 76.0 Å². The summed E-state index contributed by atoms with van der Waals surface area (Å²) in [4.78, 5) is 45.9. The zero-order valence-electron chi connectivity index (χ0n) is 28.6. The topological polar surface area (TPSA) is 140 Å². The van der Waals surface area contributed by atoms with Crippen LogP contribution in [-0.2, 0) is 32.4 Å². The average Bonchev–Trinajstić information content (AvgIpc) is 3.27. The third kappa shape index (κ3) is 8.34. The Morgan fingerprint density at radius 2 is 1.55 bits per heavy atom. The van der Waals surface area contributed by atoms with Crippen molar-refractivity contribution in [3.05, 3.63) is 53.6 Å². The van der Waals surface area contributed by atoms with Crippen LogP contribution < -0.4 is 10.8 Å². The van der Waals surface area contributed by atoms with Crippen LogP contribution >= 0.6 is 0 Å². The number of hydrogen-bond donors (Lipinski definition) is 2. The molecule has 4 aliphatic rings. The summed E-state index contributed by atoms with van der Waals surface area (Å²) in [6, 6.07) is 12.9. The number of phenolic OH excluding ortho intramolecular Hbond substituents is 1. The minimum Gasteiger partial charge on any atom is -0.509 e. The third-order valence-corrected chi connectivity index (χ3v) is 12.3. The van der Waals surface area contributed by atoms with Crippen LogP contribution in [0.25, 0.3) is 0 Å². The Bertz CT molecular complexity index is 1630. The second-order valence-electron chi connectivity index (χ2n) is 14.1. The summed E-state index contributed by atoms with van der Waals surface area (Å²) >= 11 is 0. The molecule has 4 amide bonds. The molecule has 1 atom stereocenters. The molecule has 0 unspecified atom stereocenters. The van der Waals surface area contributed by atoms with E-state index in [1.165, 1.54) is 6.26 Å². The Balaban J connectivity index is 1.06. The summed E-state index contributed by atoms with van der Waals surface area (Å²) in [6.45, 7) is 3.66. The molecular weight excluding hydrogens is 645 g/mol. The molecule has 49 heavy (non-hydrogen) atoms. The van der Waals surface area contributed by atoms with Gasteiger partial charge in [-0.3, -0.25) is 4.79 Å². The number of sulfonamides is 1.